The predicted octanol–water partition coefficient (Wildman–Crippen LogP) is 3.77. The van der Waals surface area contributed by atoms with Crippen molar-refractivity contribution in [1.29, 1.82) is 5.41 Å². The van der Waals surface area contributed by atoms with E-state index in [2.05, 4.69) is 61.2 Å². The monoisotopic (exact) mass is 309 g/mol. The zero-order chi connectivity index (χ0) is 16.7. The van der Waals surface area contributed by atoms with Crippen LogP contribution in [0, 0.1) is 12.3 Å². The average Bonchev–Trinajstić information content (AvgIpc) is 2.59. The van der Waals surface area contributed by atoms with Crippen LogP contribution >= 0.6 is 0 Å². The molecule has 0 spiro atoms. The molecule has 0 saturated heterocycles. The summed E-state index contributed by atoms with van der Waals surface area (Å²) in [5.41, 5.74) is 3.54. The van der Waals surface area contributed by atoms with Crippen LogP contribution in [0.3, 0.4) is 0 Å². The number of benzene rings is 2. The van der Waals surface area contributed by atoms with Crippen LogP contribution in [0.1, 0.15) is 23.6 Å². The van der Waals surface area contributed by atoms with Crippen LogP contribution < -0.4 is 0 Å². The van der Waals surface area contributed by atoms with E-state index < -0.39 is 0 Å². The molecule has 2 aromatic carbocycles. The van der Waals surface area contributed by atoms with Crippen LogP contribution in [-0.4, -0.2) is 42.3 Å². The summed E-state index contributed by atoms with van der Waals surface area (Å²) in [6.07, 6.45) is 0. The maximum Gasteiger partial charge on any atom is 0.127 e. The van der Waals surface area contributed by atoms with Crippen LogP contribution in [0.25, 0.3) is 0 Å². The Morgan fingerprint density at radius 1 is 0.957 bits per heavy atom. The summed E-state index contributed by atoms with van der Waals surface area (Å²) in [6.45, 7) is 8.04. The average molecular weight is 309 g/mol. The minimum Gasteiger partial charge on any atom is -0.358 e. The van der Waals surface area contributed by atoms with Gasteiger partial charge in [-0.15, -0.1) is 0 Å². The summed E-state index contributed by atoms with van der Waals surface area (Å²) in [5, 5.41) is 8.34. The summed E-state index contributed by atoms with van der Waals surface area (Å²) in [4.78, 5) is 4.44. The van der Waals surface area contributed by atoms with Gasteiger partial charge >= 0.3 is 0 Å². The lowest BCUT2D eigenvalue weighted by molar-refractivity contribution is 0.259. The first kappa shape index (κ1) is 17.2. The van der Waals surface area contributed by atoms with Gasteiger partial charge in [-0.05, 0) is 19.0 Å². The first-order valence-corrected chi connectivity index (χ1v) is 8.23. The standard InChI is InChI=1S/C20H27N3/c1-4-23(16-18-8-6-5-7-9-18)15-14-22(3)20(21)19-12-10-17(2)11-13-19/h5-13,21H,4,14-16H2,1-3H3. The smallest absolute Gasteiger partial charge is 0.127 e. The molecule has 2 rings (SSSR count). The van der Waals surface area contributed by atoms with E-state index in [-0.39, 0.29) is 0 Å². The Labute approximate surface area is 140 Å². The predicted molar refractivity (Wildman–Crippen MR) is 98.0 cm³/mol. The fourth-order valence-electron chi connectivity index (χ4n) is 2.53. The van der Waals surface area contributed by atoms with E-state index in [9.17, 15) is 0 Å². The molecule has 0 bridgehead atoms. The van der Waals surface area contributed by atoms with Gasteiger partial charge in [-0.25, -0.2) is 0 Å². The number of hydrogen-bond acceptors (Lipinski definition) is 2. The van der Waals surface area contributed by atoms with Crippen molar-refractivity contribution in [3.63, 3.8) is 0 Å². The molecule has 1 N–H and O–H groups in total. The molecule has 0 saturated carbocycles. The molecule has 2 aromatic rings. The lowest BCUT2D eigenvalue weighted by atomic mass is 10.1. The van der Waals surface area contributed by atoms with Gasteiger partial charge in [-0.2, -0.15) is 0 Å². The van der Waals surface area contributed by atoms with Crippen molar-refractivity contribution in [2.45, 2.75) is 20.4 Å². The molecule has 0 aliphatic carbocycles. The summed E-state index contributed by atoms with van der Waals surface area (Å²) in [6, 6.07) is 18.7. The normalized spacial score (nSPS) is 10.8. The second-order valence-electron chi connectivity index (χ2n) is 5.99. The molecule has 0 radical (unpaired) electrons. The molecule has 0 heterocycles. The SMILES string of the molecule is CCN(CCN(C)C(=N)c1ccc(C)cc1)Cc1ccccc1. The number of rotatable bonds is 7. The Morgan fingerprint density at radius 3 is 2.22 bits per heavy atom. The Balaban J connectivity index is 1.87. The molecule has 0 atom stereocenters. The molecule has 122 valence electrons. The third-order valence-corrected chi connectivity index (χ3v) is 4.15. The highest BCUT2D eigenvalue weighted by atomic mass is 15.2. The first-order chi connectivity index (χ1) is 11.1. The van der Waals surface area contributed by atoms with E-state index in [1.54, 1.807) is 0 Å². The van der Waals surface area contributed by atoms with Crippen LogP contribution in [-0.2, 0) is 6.54 Å². The molecule has 0 aliphatic heterocycles. The number of nitrogens with one attached hydrogen (secondary N) is 1. The number of amidine groups is 1. The van der Waals surface area contributed by atoms with Gasteiger partial charge in [0.05, 0.1) is 0 Å². The van der Waals surface area contributed by atoms with E-state index in [1.807, 2.05) is 24.1 Å². The highest BCUT2D eigenvalue weighted by Gasteiger charge is 2.10. The van der Waals surface area contributed by atoms with Crippen LogP contribution in [0.5, 0.6) is 0 Å². The van der Waals surface area contributed by atoms with Crippen molar-refractivity contribution >= 4 is 5.84 Å². The molecule has 0 unspecified atom stereocenters. The quantitative estimate of drug-likeness (QED) is 0.623. The summed E-state index contributed by atoms with van der Waals surface area (Å²) >= 11 is 0. The van der Waals surface area contributed by atoms with Crippen LogP contribution in [0.4, 0.5) is 0 Å². The number of aryl methyl sites for hydroxylation is 1. The Morgan fingerprint density at radius 2 is 1.61 bits per heavy atom. The highest BCUT2D eigenvalue weighted by molar-refractivity contribution is 5.96. The zero-order valence-electron chi connectivity index (χ0n) is 14.4. The van der Waals surface area contributed by atoms with Gasteiger partial charge in [0, 0.05) is 32.2 Å². The minimum atomic E-state index is 0.584. The van der Waals surface area contributed by atoms with Gasteiger partial charge in [-0.1, -0.05) is 67.1 Å². The van der Waals surface area contributed by atoms with Gasteiger partial charge in [0.25, 0.3) is 0 Å². The molecular formula is C20H27N3. The molecular weight excluding hydrogens is 282 g/mol. The third-order valence-electron chi connectivity index (χ3n) is 4.15. The number of likely N-dealkylation sites (N-methyl/N-ethyl adjacent to an activating group) is 2. The Bertz CT molecular complexity index is 605. The van der Waals surface area contributed by atoms with Gasteiger partial charge < -0.3 is 4.90 Å². The largest absolute Gasteiger partial charge is 0.358 e. The summed E-state index contributed by atoms with van der Waals surface area (Å²) < 4.78 is 0. The number of nitrogens with zero attached hydrogens (tertiary/aromatic N) is 2. The highest BCUT2D eigenvalue weighted by Crippen LogP contribution is 2.07. The van der Waals surface area contributed by atoms with Gasteiger partial charge in [0.2, 0.25) is 0 Å². The second kappa shape index (κ2) is 8.49. The molecule has 3 heteroatoms. The Hall–Kier alpha value is -2.13. The fourth-order valence-corrected chi connectivity index (χ4v) is 2.53. The maximum absolute atomic E-state index is 8.34. The van der Waals surface area contributed by atoms with Crippen molar-refractivity contribution in [1.82, 2.24) is 9.80 Å². The first-order valence-electron chi connectivity index (χ1n) is 8.23. The van der Waals surface area contributed by atoms with E-state index in [0.29, 0.717) is 5.84 Å². The molecule has 0 amide bonds. The molecule has 23 heavy (non-hydrogen) atoms. The summed E-state index contributed by atoms with van der Waals surface area (Å²) in [5.74, 6) is 0.584. The van der Waals surface area contributed by atoms with Crippen molar-refractivity contribution in [3.8, 4) is 0 Å². The lowest BCUT2D eigenvalue weighted by Gasteiger charge is -2.26. The van der Waals surface area contributed by atoms with Crippen molar-refractivity contribution in [3.05, 3.63) is 71.3 Å². The summed E-state index contributed by atoms with van der Waals surface area (Å²) in [7, 11) is 2.00. The fraction of sp³-hybridized carbons (Fsp3) is 0.350. The maximum atomic E-state index is 8.34. The van der Waals surface area contributed by atoms with Crippen molar-refractivity contribution in [2.75, 3.05) is 26.7 Å². The van der Waals surface area contributed by atoms with Gasteiger partial charge in [-0.3, -0.25) is 10.3 Å². The van der Waals surface area contributed by atoms with E-state index in [0.717, 1.165) is 31.7 Å². The molecule has 0 aliphatic rings. The van der Waals surface area contributed by atoms with Gasteiger partial charge in [0.1, 0.15) is 5.84 Å². The number of hydrogen-bond donors (Lipinski definition) is 1. The van der Waals surface area contributed by atoms with Gasteiger partial charge in [0.15, 0.2) is 0 Å². The van der Waals surface area contributed by atoms with Crippen molar-refractivity contribution < 1.29 is 0 Å². The van der Waals surface area contributed by atoms with E-state index >= 15 is 0 Å². The molecule has 3 nitrogen and oxygen atoms in total. The molecule has 0 aromatic heterocycles. The third kappa shape index (κ3) is 5.22. The molecule has 0 fully saturated rings. The second-order valence-corrected chi connectivity index (χ2v) is 5.99. The topological polar surface area (TPSA) is 30.3 Å². The van der Waals surface area contributed by atoms with E-state index in [4.69, 9.17) is 5.41 Å². The lowest BCUT2D eigenvalue weighted by Crippen LogP contribution is -2.36. The van der Waals surface area contributed by atoms with Crippen LogP contribution in [0.2, 0.25) is 0 Å². The minimum absolute atomic E-state index is 0.584. The van der Waals surface area contributed by atoms with Crippen molar-refractivity contribution in [2.24, 2.45) is 0 Å². The Kier molecular flexibility index (Phi) is 6.36. The van der Waals surface area contributed by atoms with Crippen LogP contribution in [0.15, 0.2) is 54.6 Å². The van der Waals surface area contributed by atoms with E-state index in [1.165, 1.54) is 11.1 Å². The zero-order valence-corrected chi connectivity index (χ0v) is 14.4.